The molecule has 0 aliphatic carbocycles. The molecule has 1 fully saturated rings. The first kappa shape index (κ1) is 15.8. The molecule has 0 radical (unpaired) electrons. The van der Waals surface area contributed by atoms with Gasteiger partial charge in [0.15, 0.2) is 5.69 Å². The topological polar surface area (TPSA) is 55.1 Å². The summed E-state index contributed by atoms with van der Waals surface area (Å²) < 4.78 is 50.2. The van der Waals surface area contributed by atoms with Gasteiger partial charge < -0.3 is 9.31 Å². The van der Waals surface area contributed by atoms with Gasteiger partial charge in [-0.05, 0) is 33.8 Å². The number of alkyl halides is 3. The van der Waals surface area contributed by atoms with Crippen LogP contribution in [0.15, 0.2) is 12.3 Å². The number of halogens is 3. The van der Waals surface area contributed by atoms with E-state index in [1.54, 1.807) is 27.7 Å². The molecule has 1 aromatic heterocycles. The molecule has 1 aliphatic heterocycles. The fourth-order valence-corrected chi connectivity index (χ4v) is 1.89. The van der Waals surface area contributed by atoms with E-state index in [1.807, 2.05) is 0 Å². The van der Waals surface area contributed by atoms with E-state index in [-0.39, 0.29) is 5.46 Å². The smallest absolute Gasteiger partial charge is 0.399 e. The highest BCUT2D eigenvalue weighted by Crippen LogP contribution is 2.37. The van der Waals surface area contributed by atoms with Gasteiger partial charge in [0.25, 0.3) is 0 Å². The minimum atomic E-state index is -4.66. The molecule has 112 valence electrons. The SMILES string of the molecule is CC1(C)OB(c2cnc(C#N)c(C(F)(F)F)c2)OC1(C)C. The average molecular weight is 298 g/mol. The van der Waals surface area contributed by atoms with Crippen molar-refractivity contribution in [2.45, 2.75) is 45.1 Å². The van der Waals surface area contributed by atoms with E-state index in [0.717, 1.165) is 6.07 Å². The van der Waals surface area contributed by atoms with Crippen molar-refractivity contribution in [3.63, 3.8) is 0 Å². The van der Waals surface area contributed by atoms with E-state index < -0.39 is 35.8 Å². The third-order valence-electron chi connectivity index (χ3n) is 3.85. The van der Waals surface area contributed by atoms with Gasteiger partial charge in [-0.25, -0.2) is 4.98 Å². The number of rotatable bonds is 1. The summed E-state index contributed by atoms with van der Waals surface area (Å²) in [6.45, 7) is 7.20. The van der Waals surface area contributed by atoms with Crippen LogP contribution in [0.5, 0.6) is 0 Å². The molecule has 0 unspecified atom stereocenters. The molecule has 0 saturated carbocycles. The zero-order chi connectivity index (χ0) is 16.1. The van der Waals surface area contributed by atoms with Gasteiger partial charge in [0, 0.05) is 11.7 Å². The van der Waals surface area contributed by atoms with E-state index in [0.29, 0.717) is 0 Å². The van der Waals surface area contributed by atoms with Crippen molar-refractivity contribution in [2.24, 2.45) is 0 Å². The van der Waals surface area contributed by atoms with Crippen molar-refractivity contribution >= 4 is 12.6 Å². The summed E-state index contributed by atoms with van der Waals surface area (Å²) >= 11 is 0. The van der Waals surface area contributed by atoms with Gasteiger partial charge in [0.2, 0.25) is 0 Å². The fraction of sp³-hybridized carbons (Fsp3) is 0.538. The van der Waals surface area contributed by atoms with Crippen molar-refractivity contribution < 1.29 is 22.5 Å². The number of hydrogen-bond donors (Lipinski definition) is 0. The Hall–Kier alpha value is -1.59. The Kier molecular flexibility index (Phi) is 3.55. The van der Waals surface area contributed by atoms with Gasteiger partial charge in [-0.15, -0.1) is 0 Å². The van der Waals surface area contributed by atoms with E-state index in [1.165, 1.54) is 12.3 Å². The van der Waals surface area contributed by atoms with Crippen LogP contribution in [-0.2, 0) is 15.5 Å². The second kappa shape index (κ2) is 4.72. The molecule has 2 heterocycles. The largest absolute Gasteiger partial charge is 0.496 e. The maximum Gasteiger partial charge on any atom is 0.496 e. The van der Waals surface area contributed by atoms with E-state index in [4.69, 9.17) is 14.6 Å². The Morgan fingerprint density at radius 1 is 1.19 bits per heavy atom. The second-order valence-corrected chi connectivity index (χ2v) is 5.86. The first-order valence-electron chi connectivity index (χ1n) is 6.31. The lowest BCUT2D eigenvalue weighted by atomic mass is 9.79. The molecule has 2 rings (SSSR count). The maximum absolute atomic E-state index is 12.9. The number of aromatic nitrogens is 1. The number of nitrogens with zero attached hydrogens (tertiary/aromatic N) is 2. The summed E-state index contributed by atoms with van der Waals surface area (Å²) in [7, 11) is -0.948. The molecular formula is C13H14BF3N2O2. The van der Waals surface area contributed by atoms with Crippen LogP contribution in [0.4, 0.5) is 13.2 Å². The Labute approximate surface area is 121 Å². The highest BCUT2D eigenvalue weighted by Gasteiger charge is 2.52. The first-order chi connectivity index (χ1) is 9.48. The van der Waals surface area contributed by atoms with Crippen molar-refractivity contribution in [3.8, 4) is 6.07 Å². The molecule has 1 aromatic rings. The maximum atomic E-state index is 12.9. The summed E-state index contributed by atoms with van der Waals surface area (Å²) in [5.41, 5.74) is -2.94. The normalized spacial score (nSPS) is 20.4. The van der Waals surface area contributed by atoms with E-state index >= 15 is 0 Å². The highest BCUT2D eigenvalue weighted by atomic mass is 19.4. The number of pyridine rings is 1. The van der Waals surface area contributed by atoms with Crippen molar-refractivity contribution in [3.05, 3.63) is 23.5 Å². The zero-order valence-electron chi connectivity index (χ0n) is 12.1. The van der Waals surface area contributed by atoms with Crippen molar-refractivity contribution in [1.82, 2.24) is 4.98 Å². The molecule has 0 amide bonds. The van der Waals surface area contributed by atoms with Crippen LogP contribution in [0.1, 0.15) is 39.0 Å². The summed E-state index contributed by atoms with van der Waals surface area (Å²) in [6, 6.07) is 2.29. The molecule has 0 atom stereocenters. The minimum Gasteiger partial charge on any atom is -0.399 e. The summed E-state index contributed by atoms with van der Waals surface area (Å²) in [6.07, 6.45) is -3.48. The average Bonchev–Trinajstić information content (AvgIpc) is 2.56. The molecule has 0 aromatic carbocycles. The first-order valence-corrected chi connectivity index (χ1v) is 6.31. The monoisotopic (exact) mass is 298 g/mol. The molecule has 8 heteroatoms. The predicted molar refractivity (Wildman–Crippen MR) is 69.7 cm³/mol. The third-order valence-corrected chi connectivity index (χ3v) is 3.85. The Balaban J connectivity index is 2.42. The van der Waals surface area contributed by atoms with Crippen molar-refractivity contribution in [1.29, 1.82) is 5.26 Å². The van der Waals surface area contributed by atoms with E-state index in [2.05, 4.69) is 4.98 Å². The molecule has 0 bridgehead atoms. The quantitative estimate of drug-likeness (QED) is 0.746. The highest BCUT2D eigenvalue weighted by molar-refractivity contribution is 6.62. The summed E-state index contributed by atoms with van der Waals surface area (Å²) in [5.74, 6) is 0. The van der Waals surface area contributed by atoms with Crippen LogP contribution < -0.4 is 5.46 Å². The van der Waals surface area contributed by atoms with Gasteiger partial charge in [0.05, 0.1) is 16.8 Å². The molecule has 21 heavy (non-hydrogen) atoms. The molecule has 0 spiro atoms. The lowest BCUT2D eigenvalue weighted by molar-refractivity contribution is -0.138. The predicted octanol–water partition coefficient (Wildman–Crippen LogP) is 2.27. The lowest BCUT2D eigenvalue weighted by Crippen LogP contribution is -2.41. The zero-order valence-corrected chi connectivity index (χ0v) is 12.1. The van der Waals surface area contributed by atoms with Crippen molar-refractivity contribution in [2.75, 3.05) is 0 Å². The molecular weight excluding hydrogens is 284 g/mol. The molecule has 4 nitrogen and oxygen atoms in total. The molecule has 0 N–H and O–H groups in total. The van der Waals surface area contributed by atoms with Crippen LogP contribution in [0.2, 0.25) is 0 Å². The van der Waals surface area contributed by atoms with Gasteiger partial charge in [-0.2, -0.15) is 18.4 Å². The van der Waals surface area contributed by atoms with Crippen LogP contribution in [0.3, 0.4) is 0 Å². The molecule has 1 saturated heterocycles. The summed E-state index contributed by atoms with van der Waals surface area (Å²) in [5, 5.41) is 8.73. The second-order valence-electron chi connectivity index (χ2n) is 5.86. The summed E-state index contributed by atoms with van der Waals surface area (Å²) in [4.78, 5) is 3.56. The minimum absolute atomic E-state index is 0.139. The van der Waals surface area contributed by atoms with Crippen LogP contribution in [0.25, 0.3) is 0 Å². The van der Waals surface area contributed by atoms with Gasteiger partial charge in [-0.1, -0.05) is 0 Å². The number of hydrogen-bond acceptors (Lipinski definition) is 4. The van der Waals surface area contributed by atoms with Crippen LogP contribution in [0, 0.1) is 11.3 Å². The van der Waals surface area contributed by atoms with Crippen LogP contribution in [-0.4, -0.2) is 23.3 Å². The Bertz CT molecular complexity index is 592. The third kappa shape index (κ3) is 2.76. The van der Waals surface area contributed by atoms with Crippen LogP contribution >= 0.6 is 0 Å². The van der Waals surface area contributed by atoms with E-state index in [9.17, 15) is 13.2 Å². The number of nitriles is 1. The fourth-order valence-electron chi connectivity index (χ4n) is 1.89. The van der Waals surface area contributed by atoms with Gasteiger partial charge in [-0.3, -0.25) is 0 Å². The lowest BCUT2D eigenvalue weighted by Gasteiger charge is -2.32. The standard InChI is InChI=1S/C13H14BF3N2O2/c1-11(2)12(3,4)21-14(20-11)8-5-9(13(15,16)17)10(6-18)19-7-8/h5,7H,1-4H3. The Morgan fingerprint density at radius 3 is 2.14 bits per heavy atom. The Morgan fingerprint density at radius 2 is 1.71 bits per heavy atom. The molecule has 1 aliphatic rings. The van der Waals surface area contributed by atoms with Gasteiger partial charge >= 0.3 is 13.3 Å². The van der Waals surface area contributed by atoms with Gasteiger partial charge in [0.1, 0.15) is 6.07 Å².